The quantitative estimate of drug-likeness (QED) is 0.415. The van der Waals surface area contributed by atoms with Crippen LogP contribution in [0.4, 0.5) is 5.69 Å². The van der Waals surface area contributed by atoms with Crippen molar-refractivity contribution >= 4 is 11.6 Å². The van der Waals surface area contributed by atoms with Crippen LogP contribution in [0.3, 0.4) is 0 Å². The van der Waals surface area contributed by atoms with Gasteiger partial charge in [0.05, 0.1) is 19.6 Å². The van der Waals surface area contributed by atoms with E-state index < -0.39 is 0 Å². The van der Waals surface area contributed by atoms with Gasteiger partial charge < -0.3 is 25.5 Å². The third-order valence-electron chi connectivity index (χ3n) is 6.01. The normalized spacial score (nSPS) is 12.3. The maximum absolute atomic E-state index is 12.7. The van der Waals surface area contributed by atoms with Gasteiger partial charge in [-0.15, -0.1) is 0 Å². The molecular formula is C26H26N6O2. The molecule has 8 nitrogen and oxygen atoms in total. The fraction of sp³-hybridized carbons (Fsp3) is 0.192. The molecule has 2 aromatic carbocycles. The van der Waals surface area contributed by atoms with E-state index in [2.05, 4.69) is 27.8 Å². The summed E-state index contributed by atoms with van der Waals surface area (Å²) in [4.78, 5) is 29.3. The SMILES string of the molecule is NCc1ccc(CNC(=O)c2cn3c(n2)CNc2cc(Cn4ccccc4=O)ccc2C3)cc1. The molecule has 172 valence electrons. The Morgan fingerprint density at radius 1 is 1.06 bits per heavy atom. The van der Waals surface area contributed by atoms with Gasteiger partial charge in [0.1, 0.15) is 11.5 Å². The van der Waals surface area contributed by atoms with Crippen molar-refractivity contribution in [3.8, 4) is 0 Å². The van der Waals surface area contributed by atoms with Crippen LogP contribution in [-0.4, -0.2) is 20.0 Å². The Balaban J connectivity index is 1.27. The van der Waals surface area contributed by atoms with Crippen molar-refractivity contribution in [2.45, 2.75) is 32.7 Å². The number of nitrogens with zero attached hydrogens (tertiary/aromatic N) is 3. The molecule has 34 heavy (non-hydrogen) atoms. The number of amides is 1. The van der Waals surface area contributed by atoms with E-state index in [4.69, 9.17) is 5.73 Å². The van der Waals surface area contributed by atoms with Crippen LogP contribution in [-0.2, 0) is 32.7 Å². The number of aromatic nitrogens is 3. The summed E-state index contributed by atoms with van der Waals surface area (Å²) in [5, 5.41) is 6.37. The van der Waals surface area contributed by atoms with Gasteiger partial charge in [-0.1, -0.05) is 42.5 Å². The highest BCUT2D eigenvalue weighted by Gasteiger charge is 2.18. The molecule has 0 aliphatic carbocycles. The van der Waals surface area contributed by atoms with Gasteiger partial charge in [-0.3, -0.25) is 9.59 Å². The third kappa shape index (κ3) is 4.62. The number of rotatable bonds is 6. The summed E-state index contributed by atoms with van der Waals surface area (Å²) in [6.07, 6.45) is 3.59. The summed E-state index contributed by atoms with van der Waals surface area (Å²) in [6.45, 7) is 2.57. The molecule has 8 heteroatoms. The molecule has 0 radical (unpaired) electrons. The van der Waals surface area contributed by atoms with Gasteiger partial charge in [-0.25, -0.2) is 4.98 Å². The van der Waals surface area contributed by atoms with Crippen LogP contribution in [0.15, 0.2) is 77.9 Å². The maximum atomic E-state index is 12.7. The van der Waals surface area contributed by atoms with Gasteiger partial charge in [0.15, 0.2) is 0 Å². The number of carbonyl (C=O) groups excluding carboxylic acids is 1. The van der Waals surface area contributed by atoms with E-state index >= 15 is 0 Å². The van der Waals surface area contributed by atoms with E-state index in [0.29, 0.717) is 38.4 Å². The van der Waals surface area contributed by atoms with E-state index in [1.54, 1.807) is 29.1 Å². The Bertz CT molecular complexity index is 1390. The average molecular weight is 455 g/mol. The lowest BCUT2D eigenvalue weighted by Gasteiger charge is -2.11. The predicted octanol–water partition coefficient (Wildman–Crippen LogP) is 2.46. The summed E-state index contributed by atoms with van der Waals surface area (Å²) in [5.74, 6) is 0.599. The molecule has 1 aliphatic rings. The van der Waals surface area contributed by atoms with Gasteiger partial charge in [0.25, 0.3) is 11.5 Å². The number of nitrogens with two attached hydrogens (primary N) is 1. The molecule has 3 heterocycles. The third-order valence-corrected chi connectivity index (χ3v) is 6.01. The van der Waals surface area contributed by atoms with Crippen LogP contribution in [0.1, 0.15) is 38.6 Å². The highest BCUT2D eigenvalue weighted by molar-refractivity contribution is 5.92. The van der Waals surface area contributed by atoms with Gasteiger partial charge >= 0.3 is 0 Å². The molecule has 0 fully saturated rings. The van der Waals surface area contributed by atoms with Crippen molar-refractivity contribution in [3.63, 3.8) is 0 Å². The Hall–Kier alpha value is -4.17. The Morgan fingerprint density at radius 3 is 2.65 bits per heavy atom. The van der Waals surface area contributed by atoms with Crippen LogP contribution in [0.5, 0.6) is 0 Å². The van der Waals surface area contributed by atoms with Crippen LogP contribution in [0.25, 0.3) is 0 Å². The van der Waals surface area contributed by atoms with Gasteiger partial charge in [0.2, 0.25) is 0 Å². The minimum Gasteiger partial charge on any atom is -0.378 e. The van der Waals surface area contributed by atoms with Crippen molar-refractivity contribution < 1.29 is 4.79 Å². The smallest absolute Gasteiger partial charge is 0.271 e. The first kappa shape index (κ1) is 21.7. The van der Waals surface area contributed by atoms with Gasteiger partial charge in [0, 0.05) is 37.2 Å². The fourth-order valence-corrected chi connectivity index (χ4v) is 4.08. The highest BCUT2D eigenvalue weighted by atomic mass is 16.2. The maximum Gasteiger partial charge on any atom is 0.271 e. The van der Waals surface area contributed by atoms with Gasteiger partial charge in [-0.05, 0) is 34.4 Å². The molecule has 0 saturated heterocycles. The molecule has 1 aliphatic heterocycles. The first-order chi connectivity index (χ1) is 16.6. The summed E-state index contributed by atoms with van der Waals surface area (Å²) >= 11 is 0. The monoisotopic (exact) mass is 454 g/mol. The molecule has 4 N–H and O–H groups in total. The number of pyridine rings is 1. The number of hydrogen-bond acceptors (Lipinski definition) is 5. The van der Waals surface area contributed by atoms with Crippen molar-refractivity contribution in [1.29, 1.82) is 0 Å². The second-order valence-corrected chi connectivity index (χ2v) is 8.39. The summed E-state index contributed by atoms with van der Waals surface area (Å²) < 4.78 is 3.69. The standard InChI is InChI=1S/C26H26N6O2/c27-12-18-4-6-19(7-5-18)13-29-26(34)23-17-32-16-21-9-8-20(11-22(21)28-14-24(32)30-23)15-31-10-2-1-3-25(31)33/h1-11,17,28H,12-16,27H2,(H,29,34). The van der Waals surface area contributed by atoms with E-state index in [-0.39, 0.29) is 11.5 Å². The second kappa shape index (κ2) is 9.36. The molecule has 0 unspecified atom stereocenters. The second-order valence-electron chi connectivity index (χ2n) is 8.39. The molecule has 1 amide bonds. The van der Waals surface area contributed by atoms with E-state index in [1.165, 1.54) is 0 Å². The molecule has 0 saturated carbocycles. The lowest BCUT2D eigenvalue weighted by Crippen LogP contribution is -2.23. The number of imidazole rings is 1. The zero-order valence-corrected chi connectivity index (χ0v) is 18.7. The van der Waals surface area contributed by atoms with Crippen LogP contribution in [0, 0.1) is 0 Å². The lowest BCUT2D eigenvalue weighted by atomic mass is 10.1. The van der Waals surface area contributed by atoms with E-state index in [9.17, 15) is 9.59 Å². The topological polar surface area (TPSA) is 107 Å². The molecular weight excluding hydrogens is 428 g/mol. The Kier molecular flexibility index (Phi) is 5.97. The van der Waals surface area contributed by atoms with Crippen LogP contribution in [0.2, 0.25) is 0 Å². The summed E-state index contributed by atoms with van der Waals surface area (Å²) in [7, 11) is 0. The highest BCUT2D eigenvalue weighted by Crippen LogP contribution is 2.24. The first-order valence-electron chi connectivity index (χ1n) is 11.2. The number of benzene rings is 2. The molecule has 0 spiro atoms. The summed E-state index contributed by atoms with van der Waals surface area (Å²) in [6, 6.07) is 19.2. The summed E-state index contributed by atoms with van der Waals surface area (Å²) in [5.41, 5.74) is 11.2. The first-order valence-corrected chi connectivity index (χ1v) is 11.2. The molecule has 5 rings (SSSR count). The van der Waals surface area contributed by atoms with Crippen molar-refractivity contribution in [3.05, 3.63) is 117 Å². The molecule has 2 aromatic heterocycles. The molecule has 0 bridgehead atoms. The van der Waals surface area contributed by atoms with Crippen LogP contribution >= 0.6 is 0 Å². The number of fused-ring (bicyclic) bond motifs is 2. The molecule has 0 atom stereocenters. The Morgan fingerprint density at radius 2 is 1.85 bits per heavy atom. The van der Waals surface area contributed by atoms with Crippen LogP contribution < -0.4 is 21.9 Å². The van der Waals surface area contributed by atoms with E-state index in [1.807, 2.05) is 41.0 Å². The number of nitrogens with one attached hydrogen (secondary N) is 2. The number of anilines is 1. The largest absolute Gasteiger partial charge is 0.378 e. The van der Waals surface area contributed by atoms with E-state index in [0.717, 1.165) is 33.8 Å². The average Bonchev–Trinajstić information content (AvgIpc) is 3.19. The predicted molar refractivity (Wildman–Crippen MR) is 130 cm³/mol. The lowest BCUT2D eigenvalue weighted by molar-refractivity contribution is 0.0946. The zero-order chi connectivity index (χ0) is 23.5. The fourth-order valence-electron chi connectivity index (χ4n) is 4.08. The van der Waals surface area contributed by atoms with Gasteiger partial charge in [-0.2, -0.15) is 0 Å². The number of hydrogen-bond donors (Lipinski definition) is 3. The minimum absolute atomic E-state index is 0.0241. The van der Waals surface area contributed by atoms with Crippen molar-refractivity contribution in [1.82, 2.24) is 19.4 Å². The Labute approximate surface area is 197 Å². The van der Waals surface area contributed by atoms with Crippen molar-refractivity contribution in [2.75, 3.05) is 5.32 Å². The minimum atomic E-state index is -0.202. The molecule has 4 aromatic rings. The van der Waals surface area contributed by atoms with Crippen molar-refractivity contribution in [2.24, 2.45) is 5.73 Å². The zero-order valence-electron chi connectivity index (χ0n) is 18.7. The number of carbonyl (C=O) groups is 1.